The summed E-state index contributed by atoms with van der Waals surface area (Å²) in [6, 6.07) is 2.73. The van der Waals surface area contributed by atoms with Crippen LogP contribution in [0, 0.1) is 5.92 Å². The maximum atomic E-state index is 12.7. The molecule has 0 saturated carbocycles. The Bertz CT molecular complexity index is 641. The van der Waals surface area contributed by atoms with Crippen LogP contribution in [0.3, 0.4) is 0 Å². The number of amides is 1. The molecule has 23 heavy (non-hydrogen) atoms. The highest BCUT2D eigenvalue weighted by Crippen LogP contribution is 2.32. The molecule has 0 unspecified atom stereocenters. The zero-order chi connectivity index (χ0) is 17.0. The van der Waals surface area contributed by atoms with Gasteiger partial charge >= 0.3 is 6.18 Å². The molecule has 0 aromatic heterocycles. The molecule has 1 aliphatic rings. The molecule has 2 N–H and O–H groups in total. The van der Waals surface area contributed by atoms with Gasteiger partial charge in [-0.3, -0.25) is 4.79 Å². The fourth-order valence-electron chi connectivity index (χ4n) is 2.26. The van der Waals surface area contributed by atoms with Gasteiger partial charge in [0, 0.05) is 29.7 Å². The summed E-state index contributed by atoms with van der Waals surface area (Å²) in [5.41, 5.74) is -0.710. The van der Waals surface area contributed by atoms with Crippen molar-refractivity contribution in [1.82, 2.24) is 5.32 Å². The van der Waals surface area contributed by atoms with Crippen molar-refractivity contribution in [3.63, 3.8) is 0 Å². The quantitative estimate of drug-likeness (QED) is 0.649. The van der Waals surface area contributed by atoms with Crippen molar-refractivity contribution in [1.29, 1.82) is 0 Å². The summed E-state index contributed by atoms with van der Waals surface area (Å²) in [5, 5.41) is 11.8. The van der Waals surface area contributed by atoms with Gasteiger partial charge in [-0.05, 0) is 36.3 Å². The van der Waals surface area contributed by atoms with E-state index in [4.69, 9.17) is 16.7 Å². The van der Waals surface area contributed by atoms with Gasteiger partial charge in [-0.25, -0.2) is 0 Å². The SMILES string of the molecule is O=C(/C=C/c1cc(C(F)(F)F)ccc1Cl)N[C@@H]1C=C[C@H](CO)C1. The van der Waals surface area contributed by atoms with Crippen LogP contribution in [-0.2, 0) is 11.0 Å². The second kappa shape index (κ2) is 7.19. The van der Waals surface area contributed by atoms with Crippen molar-refractivity contribution >= 4 is 23.6 Å². The number of benzene rings is 1. The van der Waals surface area contributed by atoms with Crippen LogP contribution < -0.4 is 5.32 Å². The number of alkyl halides is 3. The van der Waals surface area contributed by atoms with Gasteiger partial charge in [-0.15, -0.1) is 0 Å². The highest BCUT2D eigenvalue weighted by Gasteiger charge is 2.30. The average Bonchev–Trinajstić information content (AvgIpc) is 2.92. The van der Waals surface area contributed by atoms with Gasteiger partial charge in [0.25, 0.3) is 0 Å². The minimum Gasteiger partial charge on any atom is -0.396 e. The first-order chi connectivity index (χ1) is 10.8. The molecule has 1 amide bonds. The molecule has 7 heteroatoms. The lowest BCUT2D eigenvalue weighted by Gasteiger charge is -2.11. The zero-order valence-corrected chi connectivity index (χ0v) is 12.7. The van der Waals surface area contributed by atoms with Crippen LogP contribution in [0.15, 0.2) is 36.4 Å². The van der Waals surface area contributed by atoms with Crippen molar-refractivity contribution in [3.8, 4) is 0 Å². The monoisotopic (exact) mass is 345 g/mol. The molecule has 3 nitrogen and oxygen atoms in total. The fraction of sp³-hybridized carbons (Fsp3) is 0.312. The zero-order valence-electron chi connectivity index (χ0n) is 12.0. The van der Waals surface area contributed by atoms with Crippen molar-refractivity contribution < 1.29 is 23.1 Å². The van der Waals surface area contributed by atoms with E-state index in [1.54, 1.807) is 6.08 Å². The first-order valence-electron chi connectivity index (χ1n) is 6.94. The van der Waals surface area contributed by atoms with Gasteiger partial charge in [0.2, 0.25) is 5.91 Å². The number of rotatable bonds is 4. The number of carbonyl (C=O) groups is 1. The third kappa shape index (κ3) is 4.84. The van der Waals surface area contributed by atoms with Gasteiger partial charge < -0.3 is 10.4 Å². The molecule has 2 atom stereocenters. The largest absolute Gasteiger partial charge is 0.416 e. The minimum absolute atomic E-state index is 0.0125. The lowest BCUT2D eigenvalue weighted by atomic mass is 10.1. The Hall–Kier alpha value is -1.79. The lowest BCUT2D eigenvalue weighted by Crippen LogP contribution is -2.31. The summed E-state index contributed by atoms with van der Waals surface area (Å²) in [4.78, 5) is 11.8. The van der Waals surface area contributed by atoms with Gasteiger partial charge in [-0.2, -0.15) is 13.2 Å². The van der Waals surface area contributed by atoms with Crippen molar-refractivity contribution in [2.45, 2.75) is 18.6 Å². The molecule has 0 radical (unpaired) electrons. The first-order valence-corrected chi connectivity index (χ1v) is 7.32. The average molecular weight is 346 g/mol. The molecule has 1 aliphatic carbocycles. The van der Waals surface area contributed by atoms with Crippen molar-refractivity contribution in [2.75, 3.05) is 6.61 Å². The standard InChI is InChI=1S/C16H15ClF3NO2/c17-14-5-3-12(16(18,19)20)8-11(14)2-6-15(23)21-13-4-1-10(7-13)9-22/h1-6,8,10,13,22H,7,9H2,(H,21,23)/b6-2+/t10-,13+/m0/s1. The molecule has 0 heterocycles. The highest BCUT2D eigenvalue weighted by atomic mass is 35.5. The molecule has 1 aromatic rings. The predicted molar refractivity (Wildman–Crippen MR) is 81.8 cm³/mol. The van der Waals surface area contributed by atoms with E-state index < -0.39 is 17.6 Å². The lowest BCUT2D eigenvalue weighted by molar-refractivity contribution is -0.137. The van der Waals surface area contributed by atoms with Crippen molar-refractivity contribution in [3.05, 3.63) is 52.6 Å². The Morgan fingerprint density at radius 1 is 1.39 bits per heavy atom. The second-order valence-electron chi connectivity index (χ2n) is 5.25. The van der Waals surface area contributed by atoms with Crippen molar-refractivity contribution in [2.24, 2.45) is 5.92 Å². The van der Waals surface area contributed by atoms with E-state index in [9.17, 15) is 18.0 Å². The van der Waals surface area contributed by atoms with Crippen LogP contribution in [0.4, 0.5) is 13.2 Å². The normalized spacial score (nSPS) is 21.1. The maximum absolute atomic E-state index is 12.7. The van der Waals surface area contributed by atoms with E-state index >= 15 is 0 Å². The topological polar surface area (TPSA) is 49.3 Å². The molecule has 1 aromatic carbocycles. The summed E-state index contributed by atoms with van der Waals surface area (Å²) in [6.45, 7) is 0.0125. The van der Waals surface area contributed by atoms with Crippen LogP contribution in [0.25, 0.3) is 6.08 Å². The van der Waals surface area contributed by atoms with Crippen LogP contribution in [-0.4, -0.2) is 23.7 Å². The number of halogens is 4. The highest BCUT2D eigenvalue weighted by molar-refractivity contribution is 6.32. The number of hydrogen-bond acceptors (Lipinski definition) is 2. The van der Waals surface area contributed by atoms with E-state index in [0.29, 0.717) is 6.42 Å². The molecule has 0 aliphatic heterocycles. The van der Waals surface area contributed by atoms with Crippen LogP contribution in [0.5, 0.6) is 0 Å². The molecular formula is C16H15ClF3NO2. The van der Waals surface area contributed by atoms with Crippen LogP contribution >= 0.6 is 11.6 Å². The van der Waals surface area contributed by atoms with Crippen LogP contribution in [0.1, 0.15) is 17.5 Å². The summed E-state index contributed by atoms with van der Waals surface area (Å²) in [6.07, 6.45) is 2.11. The number of carbonyl (C=O) groups excluding carboxylic acids is 1. The molecular weight excluding hydrogens is 331 g/mol. The Labute approximate surface area is 136 Å². The number of aliphatic hydroxyl groups excluding tert-OH is 1. The Balaban J connectivity index is 2.02. The summed E-state index contributed by atoms with van der Waals surface area (Å²) >= 11 is 5.85. The Kier molecular flexibility index (Phi) is 5.49. The maximum Gasteiger partial charge on any atom is 0.416 e. The third-order valence-corrected chi connectivity index (χ3v) is 3.82. The second-order valence-corrected chi connectivity index (χ2v) is 5.65. The number of aliphatic hydroxyl groups is 1. The summed E-state index contributed by atoms with van der Waals surface area (Å²) in [5.74, 6) is -0.422. The van der Waals surface area contributed by atoms with E-state index in [-0.39, 0.29) is 29.2 Å². The van der Waals surface area contributed by atoms with E-state index in [0.717, 1.165) is 24.3 Å². The molecule has 0 fully saturated rings. The van der Waals surface area contributed by atoms with E-state index in [2.05, 4.69) is 5.32 Å². The smallest absolute Gasteiger partial charge is 0.396 e. The van der Waals surface area contributed by atoms with Gasteiger partial charge in [0.1, 0.15) is 0 Å². The van der Waals surface area contributed by atoms with Crippen LogP contribution in [0.2, 0.25) is 5.02 Å². The fourth-order valence-corrected chi connectivity index (χ4v) is 2.44. The third-order valence-electron chi connectivity index (χ3n) is 3.47. The Morgan fingerprint density at radius 3 is 2.74 bits per heavy atom. The molecule has 0 saturated heterocycles. The minimum atomic E-state index is -4.47. The molecule has 124 valence electrons. The summed E-state index contributed by atoms with van der Waals surface area (Å²) < 4.78 is 38.0. The first kappa shape index (κ1) is 17.6. The number of hydrogen-bond donors (Lipinski definition) is 2. The number of nitrogens with one attached hydrogen (secondary N) is 1. The molecule has 0 bridgehead atoms. The van der Waals surface area contributed by atoms with E-state index in [1.165, 1.54) is 6.08 Å². The van der Waals surface area contributed by atoms with E-state index in [1.807, 2.05) is 6.08 Å². The molecule has 2 rings (SSSR count). The molecule has 0 spiro atoms. The van der Waals surface area contributed by atoms with Gasteiger partial charge in [0.15, 0.2) is 0 Å². The summed E-state index contributed by atoms with van der Waals surface area (Å²) in [7, 11) is 0. The Morgan fingerprint density at radius 2 is 2.13 bits per heavy atom. The van der Waals surface area contributed by atoms with Gasteiger partial charge in [0.05, 0.1) is 5.56 Å². The predicted octanol–water partition coefficient (Wildman–Crippen LogP) is 3.43. The van der Waals surface area contributed by atoms with Gasteiger partial charge in [-0.1, -0.05) is 23.8 Å².